The molecule has 0 aromatic heterocycles. The second-order valence-electron chi connectivity index (χ2n) is 14.9. The van der Waals surface area contributed by atoms with Gasteiger partial charge in [-0.2, -0.15) is 0 Å². The predicted octanol–water partition coefficient (Wildman–Crippen LogP) is 3.38. The van der Waals surface area contributed by atoms with Crippen molar-refractivity contribution in [3.05, 3.63) is 65.2 Å². The molecule has 13 nitrogen and oxygen atoms in total. The fraction of sp³-hybridized carbons (Fsp3) is 0.579. The lowest BCUT2D eigenvalue weighted by Gasteiger charge is -2.43. The number of carbonyl (C=O) groups is 4. The Kier molecular flexibility index (Phi) is 15.2. The molecule has 288 valence electrons. The highest BCUT2D eigenvalue weighted by Crippen LogP contribution is 2.22. The number of amides is 4. The van der Waals surface area contributed by atoms with Crippen LogP contribution in [-0.4, -0.2) is 104 Å². The molecule has 1 heterocycles. The minimum atomic E-state index is -3.74. The molecule has 2 aromatic rings. The highest BCUT2D eigenvalue weighted by atomic mass is 32.2. The van der Waals surface area contributed by atoms with E-state index < -0.39 is 45.9 Å². The fourth-order valence-corrected chi connectivity index (χ4v) is 6.75. The average molecular weight is 743 g/mol. The number of carbonyl (C=O) groups excluding carboxylic acids is 4. The lowest BCUT2D eigenvalue weighted by atomic mass is 9.91. The molecule has 1 aliphatic heterocycles. The van der Waals surface area contributed by atoms with Gasteiger partial charge >= 0.3 is 0 Å². The number of hydrogen-bond donors (Lipinski definition) is 5. The smallest absolute Gasteiger partial charge is 0.251 e. The van der Waals surface area contributed by atoms with Crippen molar-refractivity contribution in [2.75, 3.05) is 37.7 Å². The summed E-state index contributed by atoms with van der Waals surface area (Å²) in [4.78, 5) is 57.7. The molecule has 1 saturated heterocycles. The minimum Gasteiger partial charge on any atom is -0.391 e. The third kappa shape index (κ3) is 12.0. The first-order valence-electron chi connectivity index (χ1n) is 18.1. The first-order valence-corrected chi connectivity index (χ1v) is 19.7. The van der Waals surface area contributed by atoms with Gasteiger partial charge < -0.3 is 30.9 Å². The molecule has 5 atom stereocenters. The molecule has 1 aliphatic rings. The number of aliphatic hydroxyl groups excluding tert-OH is 1. The maximum absolute atomic E-state index is 13.8. The zero-order valence-corrected chi connectivity index (χ0v) is 32.8. The third-order valence-electron chi connectivity index (χ3n) is 9.48. The zero-order valence-electron chi connectivity index (χ0n) is 32.0. The Morgan fingerprint density at radius 3 is 1.98 bits per heavy atom. The van der Waals surface area contributed by atoms with Crippen molar-refractivity contribution in [1.82, 2.24) is 25.8 Å². The summed E-state index contributed by atoms with van der Waals surface area (Å²) in [6, 6.07) is 11.6. The number of likely N-dealkylation sites (tertiary alicyclic amines) is 1. The van der Waals surface area contributed by atoms with Crippen LogP contribution in [0.4, 0.5) is 5.69 Å². The third-order valence-corrected chi connectivity index (χ3v) is 10.8. The average Bonchev–Trinajstić information content (AvgIpc) is 3.07. The lowest BCUT2D eigenvalue weighted by molar-refractivity contribution is -0.141. The molecule has 4 amide bonds. The van der Waals surface area contributed by atoms with Crippen molar-refractivity contribution in [3.63, 3.8) is 0 Å². The van der Waals surface area contributed by atoms with Crippen LogP contribution < -0.4 is 20.7 Å². The van der Waals surface area contributed by atoms with Crippen LogP contribution in [0.25, 0.3) is 0 Å². The summed E-state index contributed by atoms with van der Waals surface area (Å²) in [6.45, 7) is 14.1. The second-order valence-corrected chi connectivity index (χ2v) is 16.9. The number of rotatable bonds is 18. The summed E-state index contributed by atoms with van der Waals surface area (Å²) in [5, 5.41) is 20.1. The highest BCUT2D eigenvalue weighted by Gasteiger charge is 2.36. The van der Waals surface area contributed by atoms with E-state index in [1.54, 1.807) is 18.9 Å². The Bertz CT molecular complexity index is 1650. The number of likely N-dealkylation sites (N-methyl/N-ethyl adjacent to an activating group) is 2. The first kappa shape index (κ1) is 42.4. The summed E-state index contributed by atoms with van der Waals surface area (Å²) >= 11 is 0. The Labute approximate surface area is 309 Å². The minimum absolute atomic E-state index is 0.00708. The Hall–Kier alpha value is -4.01. The molecular formula is C38H58N6O7S. The number of aliphatic hydroxyl groups is 1. The second kappa shape index (κ2) is 18.7. The van der Waals surface area contributed by atoms with Crippen LogP contribution in [0.3, 0.4) is 0 Å². The molecular weight excluding hydrogens is 685 g/mol. The standard InChI is InChI=1S/C38H58N6O7S/c1-10-52(50,51)42-30-19-28(36(47)39-26(7)27-14-12-11-13-15-27)18-29(20-30)37(48)40-32(16-23(2)3)33(45)17-25(6)35(46)41-34(24(4)5)38(49)44(9)31-21-43(8)22-31/h11-15,18-20,23-26,31-34,42,45H,10,16-17,21-22H2,1-9H3,(H,39,47)(H,40,48)(H,41,46). The van der Waals surface area contributed by atoms with Crippen molar-refractivity contribution in [3.8, 4) is 0 Å². The summed E-state index contributed by atoms with van der Waals surface area (Å²) in [6.07, 6.45) is -0.753. The van der Waals surface area contributed by atoms with Crippen molar-refractivity contribution in [2.24, 2.45) is 17.8 Å². The van der Waals surface area contributed by atoms with E-state index in [9.17, 15) is 32.7 Å². The van der Waals surface area contributed by atoms with Crippen LogP contribution in [0.1, 0.15) is 93.6 Å². The van der Waals surface area contributed by atoms with Crippen LogP contribution in [0.5, 0.6) is 0 Å². The number of hydrogen-bond acceptors (Lipinski definition) is 8. The molecule has 0 radical (unpaired) electrons. The summed E-state index contributed by atoms with van der Waals surface area (Å²) in [5.74, 6) is -2.69. The first-order chi connectivity index (χ1) is 24.3. The van der Waals surface area contributed by atoms with Crippen molar-refractivity contribution < 1.29 is 32.7 Å². The molecule has 2 aromatic carbocycles. The van der Waals surface area contributed by atoms with E-state index in [0.29, 0.717) is 6.42 Å². The lowest BCUT2D eigenvalue weighted by Crippen LogP contribution is -2.62. The molecule has 0 bridgehead atoms. The van der Waals surface area contributed by atoms with Gasteiger partial charge in [0.25, 0.3) is 11.8 Å². The van der Waals surface area contributed by atoms with Gasteiger partial charge in [0.05, 0.1) is 35.7 Å². The predicted molar refractivity (Wildman–Crippen MR) is 203 cm³/mol. The van der Waals surface area contributed by atoms with E-state index >= 15 is 0 Å². The zero-order chi connectivity index (χ0) is 38.9. The summed E-state index contributed by atoms with van der Waals surface area (Å²) in [5.41, 5.74) is 0.994. The fourth-order valence-electron chi connectivity index (χ4n) is 6.13. The molecule has 1 fully saturated rings. The van der Waals surface area contributed by atoms with E-state index in [0.717, 1.165) is 18.7 Å². The Morgan fingerprint density at radius 1 is 0.885 bits per heavy atom. The van der Waals surface area contributed by atoms with Gasteiger partial charge in [-0.15, -0.1) is 0 Å². The van der Waals surface area contributed by atoms with Crippen LogP contribution in [0.15, 0.2) is 48.5 Å². The number of anilines is 1. The van der Waals surface area contributed by atoms with Crippen molar-refractivity contribution in [1.29, 1.82) is 0 Å². The number of nitrogens with zero attached hydrogens (tertiary/aromatic N) is 2. The van der Waals surface area contributed by atoms with Gasteiger partial charge in [-0.3, -0.25) is 23.9 Å². The molecule has 14 heteroatoms. The van der Waals surface area contributed by atoms with Crippen molar-refractivity contribution >= 4 is 39.3 Å². The van der Waals surface area contributed by atoms with Crippen molar-refractivity contribution in [2.45, 2.75) is 91.6 Å². The highest BCUT2D eigenvalue weighted by molar-refractivity contribution is 7.92. The van der Waals surface area contributed by atoms with Crippen LogP contribution >= 0.6 is 0 Å². The van der Waals surface area contributed by atoms with Gasteiger partial charge in [0, 0.05) is 37.2 Å². The van der Waals surface area contributed by atoms with Gasteiger partial charge in [0.15, 0.2) is 0 Å². The SMILES string of the molecule is CCS(=O)(=O)Nc1cc(C(=O)NC(C)c2ccccc2)cc(C(=O)NC(CC(C)C)C(O)CC(C)C(=O)NC(C(=O)N(C)C2CN(C)C2)C(C)C)c1. The van der Waals surface area contributed by atoms with E-state index in [2.05, 4.69) is 25.6 Å². The Balaban J connectivity index is 1.78. The largest absolute Gasteiger partial charge is 0.391 e. The van der Waals surface area contributed by atoms with Crippen LogP contribution in [0, 0.1) is 17.8 Å². The maximum atomic E-state index is 13.8. The Morgan fingerprint density at radius 2 is 1.46 bits per heavy atom. The number of nitrogens with one attached hydrogen (secondary N) is 4. The van der Waals surface area contributed by atoms with Gasteiger partial charge in [-0.1, -0.05) is 65.0 Å². The molecule has 52 heavy (non-hydrogen) atoms. The summed E-state index contributed by atoms with van der Waals surface area (Å²) < 4.78 is 27.4. The molecule has 5 N–H and O–H groups in total. The molecule has 0 saturated carbocycles. The monoisotopic (exact) mass is 742 g/mol. The molecule has 5 unspecified atom stereocenters. The molecule has 0 spiro atoms. The van der Waals surface area contributed by atoms with Crippen LogP contribution in [0.2, 0.25) is 0 Å². The summed E-state index contributed by atoms with van der Waals surface area (Å²) in [7, 11) is -0.00767. The topological polar surface area (TPSA) is 177 Å². The number of sulfonamides is 1. The van der Waals surface area contributed by atoms with Crippen LogP contribution in [-0.2, 0) is 19.6 Å². The van der Waals surface area contributed by atoms with E-state index in [1.807, 2.05) is 72.0 Å². The van der Waals surface area contributed by atoms with E-state index in [4.69, 9.17) is 0 Å². The van der Waals surface area contributed by atoms with E-state index in [-0.39, 0.29) is 64.7 Å². The van der Waals surface area contributed by atoms with Gasteiger partial charge in [-0.05, 0) is 69.3 Å². The quantitative estimate of drug-likeness (QED) is 0.154. The normalized spacial score (nSPS) is 16.6. The van der Waals surface area contributed by atoms with Gasteiger partial charge in [0.1, 0.15) is 6.04 Å². The maximum Gasteiger partial charge on any atom is 0.251 e. The molecule has 0 aliphatic carbocycles. The van der Waals surface area contributed by atoms with E-state index in [1.165, 1.54) is 25.1 Å². The molecule has 3 rings (SSSR count). The van der Waals surface area contributed by atoms with Gasteiger partial charge in [-0.25, -0.2) is 8.42 Å². The number of benzene rings is 2. The van der Waals surface area contributed by atoms with Gasteiger partial charge in [0.2, 0.25) is 21.8 Å².